The summed E-state index contributed by atoms with van der Waals surface area (Å²) in [7, 11) is -1.46. The van der Waals surface area contributed by atoms with Crippen LogP contribution in [0.4, 0.5) is 0 Å². The van der Waals surface area contributed by atoms with Crippen molar-refractivity contribution >= 4 is 10.0 Å². The van der Waals surface area contributed by atoms with E-state index in [2.05, 4.69) is 18.5 Å². The molecule has 0 aromatic rings. The molecule has 0 bridgehead atoms. The summed E-state index contributed by atoms with van der Waals surface area (Å²) < 4.78 is 24.7. The van der Waals surface area contributed by atoms with Crippen molar-refractivity contribution in [1.29, 1.82) is 0 Å². The molecule has 0 aromatic heterocycles. The summed E-state index contributed by atoms with van der Waals surface area (Å²) in [6.45, 7) is 8.16. The standard InChI is InChI=1S/C9H18N2O2S/c1-4-7-11(8-5-2)14(12,13)9-6-10-3/h4-5,10H,1-2,6-9H2,3H3. The summed E-state index contributed by atoms with van der Waals surface area (Å²) in [4.78, 5) is 0. The van der Waals surface area contributed by atoms with E-state index in [1.807, 2.05) is 0 Å². The van der Waals surface area contributed by atoms with Crippen molar-refractivity contribution in [2.24, 2.45) is 0 Å². The summed E-state index contributed by atoms with van der Waals surface area (Å²) in [5, 5.41) is 2.81. The highest BCUT2D eigenvalue weighted by Gasteiger charge is 2.18. The fourth-order valence-electron chi connectivity index (χ4n) is 0.950. The Kier molecular flexibility index (Phi) is 6.44. The maximum absolute atomic E-state index is 11.7. The van der Waals surface area contributed by atoms with E-state index < -0.39 is 10.0 Å². The zero-order valence-corrected chi connectivity index (χ0v) is 9.39. The van der Waals surface area contributed by atoms with E-state index in [9.17, 15) is 8.42 Å². The van der Waals surface area contributed by atoms with E-state index in [0.717, 1.165) is 0 Å². The third kappa shape index (κ3) is 4.55. The normalized spacial score (nSPS) is 11.6. The van der Waals surface area contributed by atoms with Gasteiger partial charge in [-0.3, -0.25) is 0 Å². The first-order chi connectivity index (χ1) is 6.58. The third-order valence-electron chi connectivity index (χ3n) is 1.67. The van der Waals surface area contributed by atoms with Crippen molar-refractivity contribution in [2.75, 3.05) is 32.4 Å². The van der Waals surface area contributed by atoms with Crippen LogP contribution in [0.1, 0.15) is 0 Å². The Labute approximate surface area is 86.4 Å². The number of nitrogens with one attached hydrogen (secondary N) is 1. The van der Waals surface area contributed by atoms with Crippen LogP contribution in [0.2, 0.25) is 0 Å². The van der Waals surface area contributed by atoms with Crippen LogP contribution in [0.3, 0.4) is 0 Å². The molecule has 0 aliphatic carbocycles. The Morgan fingerprint density at radius 1 is 1.29 bits per heavy atom. The van der Waals surface area contributed by atoms with Gasteiger partial charge in [0.25, 0.3) is 0 Å². The maximum Gasteiger partial charge on any atom is 0.215 e. The zero-order chi connectivity index (χ0) is 11.0. The molecule has 0 spiro atoms. The minimum absolute atomic E-state index is 0.102. The molecular weight excluding hydrogens is 200 g/mol. The van der Waals surface area contributed by atoms with E-state index in [4.69, 9.17) is 0 Å². The molecule has 82 valence electrons. The highest BCUT2D eigenvalue weighted by molar-refractivity contribution is 7.89. The number of hydrogen-bond donors (Lipinski definition) is 1. The van der Waals surface area contributed by atoms with Crippen molar-refractivity contribution in [1.82, 2.24) is 9.62 Å². The molecule has 0 heterocycles. The summed E-state index contributed by atoms with van der Waals surface area (Å²) >= 11 is 0. The van der Waals surface area contributed by atoms with Crippen LogP contribution in [-0.2, 0) is 10.0 Å². The Balaban J connectivity index is 4.44. The maximum atomic E-state index is 11.7. The van der Waals surface area contributed by atoms with Crippen LogP contribution >= 0.6 is 0 Å². The van der Waals surface area contributed by atoms with Crippen molar-refractivity contribution in [3.05, 3.63) is 25.3 Å². The van der Waals surface area contributed by atoms with Crippen molar-refractivity contribution < 1.29 is 8.42 Å². The number of rotatable bonds is 8. The minimum Gasteiger partial charge on any atom is -0.319 e. The van der Waals surface area contributed by atoms with E-state index in [-0.39, 0.29) is 5.75 Å². The number of nitrogens with zero attached hydrogens (tertiary/aromatic N) is 1. The molecule has 0 radical (unpaired) electrons. The number of hydrogen-bond acceptors (Lipinski definition) is 3. The van der Waals surface area contributed by atoms with E-state index in [1.54, 1.807) is 19.2 Å². The van der Waals surface area contributed by atoms with Crippen LogP contribution in [0.25, 0.3) is 0 Å². The monoisotopic (exact) mass is 218 g/mol. The van der Waals surface area contributed by atoms with Gasteiger partial charge in [0.05, 0.1) is 5.75 Å². The summed E-state index contributed by atoms with van der Waals surface area (Å²) in [6.07, 6.45) is 3.14. The predicted octanol–water partition coefficient (Wildman–Crippen LogP) is 0.210. The highest BCUT2D eigenvalue weighted by atomic mass is 32.2. The molecule has 0 aliphatic rings. The van der Waals surface area contributed by atoms with E-state index in [1.165, 1.54) is 4.31 Å². The molecule has 1 N–H and O–H groups in total. The lowest BCUT2D eigenvalue weighted by Crippen LogP contribution is -2.36. The summed E-state index contributed by atoms with van der Waals surface area (Å²) in [5.74, 6) is 0.102. The van der Waals surface area contributed by atoms with Crippen LogP contribution in [-0.4, -0.2) is 45.2 Å². The molecule has 0 aliphatic heterocycles. The molecule has 0 aromatic carbocycles. The van der Waals surface area contributed by atoms with Gasteiger partial charge in [-0.05, 0) is 7.05 Å². The highest BCUT2D eigenvalue weighted by Crippen LogP contribution is 2.01. The quantitative estimate of drug-likeness (QED) is 0.593. The van der Waals surface area contributed by atoms with Gasteiger partial charge in [-0.15, -0.1) is 13.2 Å². The van der Waals surface area contributed by atoms with Gasteiger partial charge in [0.2, 0.25) is 10.0 Å². The first-order valence-corrected chi connectivity index (χ1v) is 6.03. The van der Waals surface area contributed by atoms with Gasteiger partial charge in [-0.1, -0.05) is 12.2 Å². The topological polar surface area (TPSA) is 49.4 Å². The molecule has 0 atom stereocenters. The molecule has 0 unspecified atom stereocenters. The average Bonchev–Trinajstić information content (AvgIpc) is 2.14. The fourth-order valence-corrected chi connectivity index (χ4v) is 2.34. The van der Waals surface area contributed by atoms with Gasteiger partial charge in [-0.2, -0.15) is 4.31 Å². The molecule has 0 amide bonds. The molecule has 0 fully saturated rings. The Hall–Kier alpha value is -0.650. The van der Waals surface area contributed by atoms with Crippen molar-refractivity contribution in [3.63, 3.8) is 0 Å². The van der Waals surface area contributed by atoms with Gasteiger partial charge in [-0.25, -0.2) is 8.42 Å². The molecule has 4 nitrogen and oxygen atoms in total. The second kappa shape index (κ2) is 6.75. The van der Waals surface area contributed by atoms with Crippen molar-refractivity contribution in [2.45, 2.75) is 0 Å². The van der Waals surface area contributed by atoms with E-state index >= 15 is 0 Å². The Bertz CT molecular complexity index is 263. The SMILES string of the molecule is C=CCN(CC=C)S(=O)(=O)CCNC. The summed E-state index contributed by atoms with van der Waals surface area (Å²) in [6, 6.07) is 0. The zero-order valence-electron chi connectivity index (χ0n) is 8.57. The lowest BCUT2D eigenvalue weighted by Gasteiger charge is -2.18. The molecular formula is C9H18N2O2S. The Morgan fingerprint density at radius 2 is 1.79 bits per heavy atom. The number of sulfonamides is 1. The molecule has 14 heavy (non-hydrogen) atoms. The molecule has 5 heteroatoms. The van der Waals surface area contributed by atoms with Crippen molar-refractivity contribution in [3.8, 4) is 0 Å². The third-order valence-corrected chi connectivity index (χ3v) is 3.47. The van der Waals surface area contributed by atoms with Gasteiger partial charge in [0, 0.05) is 19.6 Å². The van der Waals surface area contributed by atoms with Gasteiger partial charge >= 0.3 is 0 Å². The van der Waals surface area contributed by atoms with Crippen LogP contribution in [0.15, 0.2) is 25.3 Å². The van der Waals surface area contributed by atoms with Crippen LogP contribution in [0, 0.1) is 0 Å². The molecule has 0 saturated carbocycles. The van der Waals surface area contributed by atoms with Crippen LogP contribution in [0.5, 0.6) is 0 Å². The minimum atomic E-state index is -3.18. The molecule has 0 rings (SSSR count). The molecule has 0 saturated heterocycles. The van der Waals surface area contributed by atoms with Gasteiger partial charge in [0.1, 0.15) is 0 Å². The largest absolute Gasteiger partial charge is 0.319 e. The average molecular weight is 218 g/mol. The second-order valence-electron chi connectivity index (χ2n) is 2.81. The lowest BCUT2D eigenvalue weighted by atomic mass is 10.5. The van der Waals surface area contributed by atoms with E-state index in [0.29, 0.717) is 19.6 Å². The summed E-state index contributed by atoms with van der Waals surface area (Å²) in [5.41, 5.74) is 0. The smallest absolute Gasteiger partial charge is 0.215 e. The second-order valence-corrected chi connectivity index (χ2v) is 4.90. The predicted molar refractivity (Wildman–Crippen MR) is 59.7 cm³/mol. The van der Waals surface area contributed by atoms with Gasteiger partial charge in [0.15, 0.2) is 0 Å². The Morgan fingerprint density at radius 3 is 2.14 bits per heavy atom. The lowest BCUT2D eigenvalue weighted by molar-refractivity contribution is 0.473. The first-order valence-electron chi connectivity index (χ1n) is 4.42. The fraction of sp³-hybridized carbons (Fsp3) is 0.556. The first kappa shape index (κ1) is 13.4. The van der Waals surface area contributed by atoms with Crippen LogP contribution < -0.4 is 5.32 Å². The van der Waals surface area contributed by atoms with Gasteiger partial charge < -0.3 is 5.32 Å².